The first kappa shape index (κ1) is 19.0. The van der Waals surface area contributed by atoms with E-state index < -0.39 is 5.92 Å². The van der Waals surface area contributed by atoms with Crippen molar-refractivity contribution in [2.24, 2.45) is 5.73 Å². The van der Waals surface area contributed by atoms with E-state index in [1.54, 1.807) is 4.57 Å². The molecule has 0 spiro atoms. The smallest absolute Gasteiger partial charge is 0.259 e. The van der Waals surface area contributed by atoms with E-state index in [0.717, 1.165) is 21.3 Å². The monoisotopic (exact) mass is 447 g/mol. The van der Waals surface area contributed by atoms with Crippen molar-refractivity contribution in [1.82, 2.24) is 4.57 Å². The highest BCUT2D eigenvalue weighted by molar-refractivity contribution is 9.10. The number of nitrogens with two attached hydrogens (primary N) is 1. The Hall–Kier alpha value is -3.30. The Morgan fingerprint density at radius 3 is 2.52 bits per heavy atom. The van der Waals surface area contributed by atoms with Crippen molar-refractivity contribution in [2.45, 2.75) is 19.4 Å². The van der Waals surface area contributed by atoms with Crippen LogP contribution in [0.5, 0.6) is 5.75 Å². The molecule has 6 heteroatoms. The van der Waals surface area contributed by atoms with Gasteiger partial charge in [0.1, 0.15) is 17.4 Å². The summed E-state index contributed by atoms with van der Waals surface area (Å²) in [6, 6.07) is 21.3. The zero-order chi connectivity index (χ0) is 20.5. The first-order chi connectivity index (χ1) is 14.0. The number of allylic oxidation sites excluding steroid dienone is 1. The van der Waals surface area contributed by atoms with Gasteiger partial charge in [-0.05, 0) is 30.2 Å². The molecule has 4 rings (SSSR count). The number of fused-ring (bicyclic) bond motifs is 1. The van der Waals surface area contributed by atoms with E-state index in [4.69, 9.17) is 10.5 Å². The van der Waals surface area contributed by atoms with Crippen LogP contribution in [0, 0.1) is 18.3 Å². The third-order valence-corrected chi connectivity index (χ3v) is 5.61. The van der Waals surface area contributed by atoms with Gasteiger partial charge in [0.25, 0.3) is 5.56 Å². The average molecular weight is 448 g/mol. The van der Waals surface area contributed by atoms with Crippen molar-refractivity contribution in [1.29, 1.82) is 5.26 Å². The van der Waals surface area contributed by atoms with Crippen LogP contribution in [0.15, 0.2) is 81.4 Å². The van der Waals surface area contributed by atoms with Gasteiger partial charge in [-0.2, -0.15) is 5.26 Å². The van der Waals surface area contributed by atoms with Crippen molar-refractivity contribution >= 4 is 15.9 Å². The van der Waals surface area contributed by atoms with Crippen LogP contribution in [0.25, 0.3) is 0 Å². The van der Waals surface area contributed by atoms with E-state index in [-0.39, 0.29) is 17.0 Å². The Balaban J connectivity index is 1.92. The van der Waals surface area contributed by atoms with E-state index in [0.29, 0.717) is 17.9 Å². The predicted octanol–water partition coefficient (Wildman–Crippen LogP) is 4.19. The molecule has 1 aromatic heterocycles. The quantitative estimate of drug-likeness (QED) is 0.652. The van der Waals surface area contributed by atoms with Gasteiger partial charge in [-0.25, -0.2) is 0 Å². The summed E-state index contributed by atoms with van der Waals surface area (Å²) in [6.45, 7) is 2.30. The number of ether oxygens (including phenoxy) is 1. The third-order valence-electron chi connectivity index (χ3n) is 5.08. The summed E-state index contributed by atoms with van der Waals surface area (Å²) in [7, 11) is 0. The molecule has 29 heavy (non-hydrogen) atoms. The summed E-state index contributed by atoms with van der Waals surface area (Å²) >= 11 is 3.43. The molecule has 1 aliphatic heterocycles. The molecule has 5 nitrogen and oxygen atoms in total. The number of rotatable bonds is 3. The number of benzene rings is 2. The van der Waals surface area contributed by atoms with Crippen LogP contribution in [0.3, 0.4) is 0 Å². The highest BCUT2D eigenvalue weighted by Gasteiger charge is 2.34. The molecule has 0 saturated carbocycles. The van der Waals surface area contributed by atoms with E-state index >= 15 is 0 Å². The lowest BCUT2D eigenvalue weighted by Crippen LogP contribution is -2.33. The average Bonchev–Trinajstić information content (AvgIpc) is 2.71. The predicted molar refractivity (Wildman–Crippen MR) is 114 cm³/mol. The molecule has 2 heterocycles. The molecule has 144 valence electrons. The van der Waals surface area contributed by atoms with Gasteiger partial charge in [-0.3, -0.25) is 4.79 Å². The van der Waals surface area contributed by atoms with Crippen molar-refractivity contribution in [2.75, 3.05) is 0 Å². The number of pyridine rings is 1. The number of aryl methyl sites for hydroxylation is 1. The van der Waals surface area contributed by atoms with E-state index in [1.165, 1.54) is 0 Å². The molecule has 0 aliphatic carbocycles. The van der Waals surface area contributed by atoms with Gasteiger partial charge in [0.05, 0.1) is 18.0 Å². The van der Waals surface area contributed by atoms with Crippen LogP contribution in [0.4, 0.5) is 0 Å². The maximum atomic E-state index is 13.6. The van der Waals surface area contributed by atoms with Gasteiger partial charge < -0.3 is 15.0 Å². The van der Waals surface area contributed by atoms with Crippen molar-refractivity contribution < 1.29 is 4.74 Å². The second kappa shape index (κ2) is 7.61. The van der Waals surface area contributed by atoms with Gasteiger partial charge in [-0.15, -0.1) is 0 Å². The normalized spacial score (nSPS) is 15.4. The molecule has 2 N–H and O–H groups in total. The number of nitrogens with zero attached hydrogens (tertiary/aromatic N) is 2. The summed E-state index contributed by atoms with van der Waals surface area (Å²) in [5.41, 5.74) is 9.12. The van der Waals surface area contributed by atoms with E-state index in [9.17, 15) is 10.1 Å². The van der Waals surface area contributed by atoms with Crippen LogP contribution < -0.4 is 16.0 Å². The molecule has 2 aromatic carbocycles. The topological polar surface area (TPSA) is 81.0 Å². The maximum Gasteiger partial charge on any atom is 0.259 e. The maximum absolute atomic E-state index is 13.6. The standard InChI is InChI=1S/C23H18BrN3O2/c1-14-11-19-21(23(28)27(14)13-15-5-3-2-4-6-15)20(18(12-25)22(26)29-19)16-7-9-17(24)10-8-16/h2-11,20H,13,26H2,1H3. The Bertz CT molecular complexity index is 1210. The second-order valence-corrected chi connectivity index (χ2v) is 7.83. The lowest BCUT2D eigenvalue weighted by atomic mass is 9.84. The van der Waals surface area contributed by atoms with Crippen LogP contribution in [-0.4, -0.2) is 4.57 Å². The molecule has 0 amide bonds. The van der Waals surface area contributed by atoms with Gasteiger partial charge in [-0.1, -0.05) is 58.4 Å². The van der Waals surface area contributed by atoms with Crippen molar-refractivity contribution in [3.63, 3.8) is 0 Å². The summed E-state index contributed by atoms with van der Waals surface area (Å²) in [5.74, 6) is -0.138. The van der Waals surface area contributed by atoms with Gasteiger partial charge in [0.15, 0.2) is 0 Å². The van der Waals surface area contributed by atoms with Gasteiger partial charge >= 0.3 is 0 Å². The molecule has 3 aromatic rings. The largest absolute Gasteiger partial charge is 0.440 e. The SMILES string of the molecule is Cc1cc2c(c(=O)n1Cc1ccccc1)C(c1ccc(Br)cc1)C(C#N)=C(N)O2. The molecule has 0 saturated heterocycles. The minimum Gasteiger partial charge on any atom is -0.440 e. The molecule has 0 radical (unpaired) electrons. The van der Waals surface area contributed by atoms with Crippen molar-refractivity contribution in [3.05, 3.63) is 109 Å². The fourth-order valence-electron chi connectivity index (χ4n) is 3.64. The Labute approximate surface area is 176 Å². The Kier molecular flexibility index (Phi) is 4.99. The Morgan fingerprint density at radius 2 is 1.86 bits per heavy atom. The number of aromatic nitrogens is 1. The highest BCUT2D eigenvalue weighted by atomic mass is 79.9. The number of halogens is 1. The van der Waals surface area contributed by atoms with Gasteiger partial charge in [0, 0.05) is 16.2 Å². The molecule has 0 bridgehead atoms. The summed E-state index contributed by atoms with van der Waals surface area (Å²) in [6.07, 6.45) is 0. The number of nitriles is 1. The van der Waals surface area contributed by atoms with Gasteiger partial charge in [0.2, 0.25) is 5.88 Å². The van der Waals surface area contributed by atoms with Crippen LogP contribution >= 0.6 is 15.9 Å². The summed E-state index contributed by atoms with van der Waals surface area (Å²) in [4.78, 5) is 13.6. The summed E-state index contributed by atoms with van der Waals surface area (Å²) < 4.78 is 8.31. The van der Waals surface area contributed by atoms with Crippen LogP contribution in [0.1, 0.15) is 28.3 Å². The molecular formula is C23H18BrN3O2. The molecular weight excluding hydrogens is 430 g/mol. The lowest BCUT2D eigenvalue weighted by molar-refractivity contribution is 0.389. The van der Waals surface area contributed by atoms with E-state index in [1.807, 2.05) is 67.6 Å². The zero-order valence-corrected chi connectivity index (χ0v) is 17.3. The molecule has 1 atom stereocenters. The lowest BCUT2D eigenvalue weighted by Gasteiger charge is -2.27. The highest BCUT2D eigenvalue weighted by Crippen LogP contribution is 2.40. The molecule has 1 unspecified atom stereocenters. The van der Waals surface area contributed by atoms with E-state index in [2.05, 4.69) is 22.0 Å². The van der Waals surface area contributed by atoms with Crippen LogP contribution in [0.2, 0.25) is 0 Å². The molecule has 0 fully saturated rings. The second-order valence-electron chi connectivity index (χ2n) is 6.92. The molecule has 1 aliphatic rings. The fourth-order valence-corrected chi connectivity index (χ4v) is 3.90. The number of hydrogen-bond acceptors (Lipinski definition) is 4. The Morgan fingerprint density at radius 1 is 1.17 bits per heavy atom. The first-order valence-corrected chi connectivity index (χ1v) is 9.90. The first-order valence-electron chi connectivity index (χ1n) is 9.11. The van der Waals surface area contributed by atoms with Crippen LogP contribution in [-0.2, 0) is 6.54 Å². The fraction of sp³-hybridized carbons (Fsp3) is 0.130. The number of hydrogen-bond donors (Lipinski definition) is 1. The third kappa shape index (κ3) is 3.45. The van der Waals surface area contributed by atoms with Crippen molar-refractivity contribution in [3.8, 4) is 11.8 Å². The minimum absolute atomic E-state index is 0.0347. The summed E-state index contributed by atoms with van der Waals surface area (Å²) in [5, 5.41) is 9.74. The zero-order valence-electron chi connectivity index (χ0n) is 15.7. The minimum atomic E-state index is -0.577.